The zero-order chi connectivity index (χ0) is 20.1. The summed E-state index contributed by atoms with van der Waals surface area (Å²) in [6.45, 7) is 1.78. The molecule has 29 heavy (non-hydrogen) atoms. The normalized spacial score (nSPS) is 10.4. The molecule has 8 nitrogen and oxygen atoms in total. The number of rotatable bonds is 6. The summed E-state index contributed by atoms with van der Waals surface area (Å²) in [7, 11) is 0. The van der Waals surface area contributed by atoms with Gasteiger partial charge in [0.1, 0.15) is 29.3 Å². The molecule has 4 rings (SSSR count). The minimum Gasteiger partial charge on any atom is -0.455 e. The number of aryl methyl sites for hydroxylation is 1. The molecule has 0 aliphatic rings. The van der Waals surface area contributed by atoms with Crippen molar-refractivity contribution in [3.8, 4) is 11.5 Å². The lowest BCUT2D eigenvalue weighted by Gasteiger charge is -2.12. The van der Waals surface area contributed by atoms with Gasteiger partial charge in [-0.3, -0.25) is 4.79 Å². The number of anilines is 3. The van der Waals surface area contributed by atoms with Gasteiger partial charge in [-0.15, -0.1) is 0 Å². The first-order valence-electron chi connectivity index (χ1n) is 8.83. The van der Waals surface area contributed by atoms with Crippen LogP contribution in [0.15, 0.2) is 77.6 Å². The van der Waals surface area contributed by atoms with Crippen molar-refractivity contribution in [3.05, 3.63) is 84.5 Å². The fourth-order valence-corrected chi connectivity index (χ4v) is 2.57. The van der Waals surface area contributed by atoms with Crippen LogP contribution in [0.3, 0.4) is 0 Å². The first-order chi connectivity index (χ1) is 14.2. The summed E-state index contributed by atoms with van der Waals surface area (Å²) in [5, 5.41) is 9.63. The van der Waals surface area contributed by atoms with Gasteiger partial charge in [-0.25, -0.2) is 9.97 Å². The van der Waals surface area contributed by atoms with Crippen LogP contribution in [0.2, 0.25) is 0 Å². The van der Waals surface area contributed by atoms with E-state index in [1.165, 1.54) is 12.4 Å². The molecule has 0 unspecified atom stereocenters. The van der Waals surface area contributed by atoms with Crippen molar-refractivity contribution >= 4 is 23.2 Å². The van der Waals surface area contributed by atoms with Crippen molar-refractivity contribution in [1.82, 2.24) is 15.1 Å². The summed E-state index contributed by atoms with van der Waals surface area (Å²) in [5.74, 6) is 2.38. The van der Waals surface area contributed by atoms with E-state index in [9.17, 15) is 4.79 Å². The number of hydrogen-bond donors (Lipinski definition) is 2. The average molecular weight is 387 g/mol. The summed E-state index contributed by atoms with van der Waals surface area (Å²) in [5.41, 5.74) is 0.721. The molecule has 2 N–H and O–H groups in total. The summed E-state index contributed by atoms with van der Waals surface area (Å²) >= 11 is 0. The van der Waals surface area contributed by atoms with Gasteiger partial charge in [0, 0.05) is 12.1 Å². The molecule has 0 atom stereocenters. The highest BCUT2D eigenvalue weighted by molar-refractivity contribution is 6.04. The molecule has 0 spiro atoms. The van der Waals surface area contributed by atoms with Crippen LogP contribution < -0.4 is 15.4 Å². The summed E-state index contributed by atoms with van der Waals surface area (Å²) in [4.78, 5) is 20.9. The molecule has 0 aliphatic carbocycles. The van der Waals surface area contributed by atoms with Gasteiger partial charge in [0.15, 0.2) is 11.6 Å². The number of benzene rings is 2. The molecule has 8 heteroatoms. The number of amides is 1. The van der Waals surface area contributed by atoms with E-state index < -0.39 is 5.91 Å². The highest BCUT2D eigenvalue weighted by Gasteiger charge is 2.13. The number of hydrogen-bond acceptors (Lipinski definition) is 7. The van der Waals surface area contributed by atoms with E-state index in [2.05, 4.69) is 25.8 Å². The number of aromatic nitrogens is 3. The Labute approximate surface area is 166 Å². The van der Waals surface area contributed by atoms with Gasteiger partial charge in [-0.2, -0.15) is 0 Å². The van der Waals surface area contributed by atoms with Crippen LogP contribution in [0.4, 0.5) is 17.3 Å². The van der Waals surface area contributed by atoms with Crippen LogP contribution in [0, 0.1) is 6.92 Å². The predicted molar refractivity (Wildman–Crippen MR) is 107 cm³/mol. The first kappa shape index (κ1) is 18.2. The SMILES string of the molecule is Cc1cc(Nc2cc(C(=O)Nc3ccccc3Oc3ccccc3)ncn2)no1. The maximum absolute atomic E-state index is 12.7. The zero-order valence-corrected chi connectivity index (χ0v) is 15.5. The first-order valence-corrected chi connectivity index (χ1v) is 8.83. The summed E-state index contributed by atoms with van der Waals surface area (Å²) < 4.78 is 10.9. The molecular weight excluding hydrogens is 370 g/mol. The molecule has 4 aromatic rings. The van der Waals surface area contributed by atoms with E-state index in [-0.39, 0.29) is 5.69 Å². The quantitative estimate of drug-likeness (QED) is 0.500. The molecule has 0 saturated carbocycles. The van der Waals surface area contributed by atoms with Gasteiger partial charge in [0.05, 0.1) is 5.69 Å². The molecule has 144 valence electrons. The summed E-state index contributed by atoms with van der Waals surface area (Å²) in [6.07, 6.45) is 1.30. The Kier molecular flexibility index (Phi) is 5.15. The lowest BCUT2D eigenvalue weighted by atomic mass is 10.2. The molecule has 2 aromatic carbocycles. The van der Waals surface area contributed by atoms with Gasteiger partial charge >= 0.3 is 0 Å². The Balaban J connectivity index is 1.50. The molecule has 0 fully saturated rings. The second-order valence-corrected chi connectivity index (χ2v) is 6.10. The van der Waals surface area contributed by atoms with Crippen LogP contribution in [-0.2, 0) is 0 Å². The number of carbonyl (C=O) groups excluding carboxylic acids is 1. The highest BCUT2D eigenvalue weighted by Crippen LogP contribution is 2.29. The maximum atomic E-state index is 12.7. The van der Waals surface area contributed by atoms with Crippen molar-refractivity contribution < 1.29 is 14.1 Å². The third-order valence-electron chi connectivity index (χ3n) is 3.89. The fourth-order valence-electron chi connectivity index (χ4n) is 2.57. The number of nitrogens with zero attached hydrogens (tertiary/aromatic N) is 3. The molecule has 1 amide bonds. The van der Waals surface area contributed by atoms with Crippen molar-refractivity contribution in [2.75, 3.05) is 10.6 Å². The summed E-state index contributed by atoms with van der Waals surface area (Å²) in [6, 6.07) is 19.8. The molecule has 0 aliphatic heterocycles. The predicted octanol–water partition coefficient (Wildman–Crippen LogP) is 4.56. The molecular formula is C21H17N5O3. The van der Waals surface area contributed by atoms with E-state index in [0.717, 1.165) is 0 Å². The number of para-hydroxylation sites is 3. The molecule has 0 radical (unpaired) electrons. The van der Waals surface area contributed by atoms with Crippen molar-refractivity contribution in [2.24, 2.45) is 0 Å². The van der Waals surface area contributed by atoms with Crippen LogP contribution in [-0.4, -0.2) is 21.0 Å². The van der Waals surface area contributed by atoms with Gasteiger partial charge in [0.2, 0.25) is 0 Å². The maximum Gasteiger partial charge on any atom is 0.274 e. The smallest absolute Gasteiger partial charge is 0.274 e. The zero-order valence-electron chi connectivity index (χ0n) is 15.5. The highest BCUT2D eigenvalue weighted by atomic mass is 16.5. The van der Waals surface area contributed by atoms with E-state index in [1.807, 2.05) is 42.5 Å². The Morgan fingerprint density at radius 1 is 0.966 bits per heavy atom. The second-order valence-electron chi connectivity index (χ2n) is 6.10. The van der Waals surface area contributed by atoms with Crippen LogP contribution in [0.1, 0.15) is 16.2 Å². The Morgan fingerprint density at radius 3 is 2.55 bits per heavy atom. The van der Waals surface area contributed by atoms with E-state index in [0.29, 0.717) is 34.6 Å². The van der Waals surface area contributed by atoms with E-state index >= 15 is 0 Å². The van der Waals surface area contributed by atoms with Crippen molar-refractivity contribution in [3.63, 3.8) is 0 Å². The Morgan fingerprint density at radius 2 is 1.76 bits per heavy atom. The second kappa shape index (κ2) is 8.22. The van der Waals surface area contributed by atoms with Gasteiger partial charge in [-0.1, -0.05) is 35.5 Å². The monoisotopic (exact) mass is 387 g/mol. The number of carbonyl (C=O) groups is 1. The van der Waals surface area contributed by atoms with Crippen LogP contribution in [0.25, 0.3) is 0 Å². The van der Waals surface area contributed by atoms with Crippen molar-refractivity contribution in [1.29, 1.82) is 0 Å². The van der Waals surface area contributed by atoms with Crippen LogP contribution >= 0.6 is 0 Å². The van der Waals surface area contributed by atoms with Crippen molar-refractivity contribution in [2.45, 2.75) is 6.92 Å². The number of nitrogens with one attached hydrogen (secondary N) is 2. The Bertz CT molecular complexity index is 1130. The molecule has 0 saturated heterocycles. The minimum atomic E-state index is -0.393. The topological polar surface area (TPSA) is 102 Å². The van der Waals surface area contributed by atoms with E-state index in [1.54, 1.807) is 25.1 Å². The largest absolute Gasteiger partial charge is 0.455 e. The molecule has 2 heterocycles. The number of ether oxygens (including phenoxy) is 1. The standard InChI is InChI=1S/C21H17N5O3/c1-14-11-20(26-29-14)25-19-12-17(22-13-23-19)21(27)24-16-9-5-6-10-18(16)28-15-7-3-2-4-8-15/h2-13H,1H3,(H,24,27)(H,22,23,25,26). The third-order valence-corrected chi connectivity index (χ3v) is 3.89. The lowest BCUT2D eigenvalue weighted by Crippen LogP contribution is -2.14. The van der Waals surface area contributed by atoms with E-state index in [4.69, 9.17) is 9.26 Å². The Hall–Kier alpha value is -4.20. The fraction of sp³-hybridized carbons (Fsp3) is 0.0476. The van der Waals surface area contributed by atoms with Gasteiger partial charge < -0.3 is 19.9 Å². The minimum absolute atomic E-state index is 0.192. The average Bonchev–Trinajstić information content (AvgIpc) is 3.15. The molecule has 2 aromatic heterocycles. The lowest BCUT2D eigenvalue weighted by molar-refractivity contribution is 0.102. The van der Waals surface area contributed by atoms with Gasteiger partial charge in [-0.05, 0) is 31.2 Å². The van der Waals surface area contributed by atoms with Gasteiger partial charge in [0.25, 0.3) is 5.91 Å². The molecule has 0 bridgehead atoms. The third kappa shape index (κ3) is 4.56. The van der Waals surface area contributed by atoms with Crippen LogP contribution in [0.5, 0.6) is 11.5 Å².